The Kier molecular flexibility index (Phi) is 6.66. The van der Waals surface area contributed by atoms with Gasteiger partial charge in [0.05, 0.1) is 26.3 Å². The first-order valence-electron chi connectivity index (χ1n) is 9.31. The maximum atomic E-state index is 14.7. The fourth-order valence-electron chi connectivity index (χ4n) is 3.17. The number of rotatable bonds is 5. The Bertz CT molecular complexity index is 884. The van der Waals surface area contributed by atoms with Crippen molar-refractivity contribution in [2.75, 3.05) is 45.3 Å². The molecule has 1 aliphatic heterocycles. The van der Waals surface area contributed by atoms with Crippen LogP contribution in [0, 0.1) is 5.82 Å². The third-order valence-electron chi connectivity index (χ3n) is 4.79. The molecule has 8 heteroatoms. The number of nitrogens with zero attached hydrogens (tertiary/aromatic N) is 2. The van der Waals surface area contributed by atoms with Crippen molar-refractivity contribution in [3.8, 4) is 5.75 Å². The molecule has 1 saturated heterocycles. The van der Waals surface area contributed by atoms with Gasteiger partial charge in [-0.15, -0.1) is 0 Å². The Hall–Kier alpha value is -3.13. The van der Waals surface area contributed by atoms with E-state index in [1.807, 2.05) is 0 Å². The second-order valence-electron chi connectivity index (χ2n) is 6.61. The SMILES string of the molecule is COC(=O)c1ccc(CN(C(=O)N2CCNCC2)c2cccc(OC)c2)c(F)c1. The van der Waals surface area contributed by atoms with Crippen LogP contribution in [0.2, 0.25) is 0 Å². The van der Waals surface area contributed by atoms with Crippen LogP contribution in [0.1, 0.15) is 15.9 Å². The maximum Gasteiger partial charge on any atom is 0.337 e. The Morgan fingerprint density at radius 3 is 2.55 bits per heavy atom. The van der Waals surface area contributed by atoms with E-state index in [-0.39, 0.29) is 18.1 Å². The van der Waals surface area contributed by atoms with Crippen LogP contribution in [0.25, 0.3) is 0 Å². The molecule has 0 radical (unpaired) electrons. The average Bonchev–Trinajstić information content (AvgIpc) is 2.77. The lowest BCUT2D eigenvalue weighted by molar-refractivity contribution is 0.0600. The number of benzene rings is 2. The predicted octanol–water partition coefficient (Wildman–Crippen LogP) is 2.65. The Morgan fingerprint density at radius 1 is 1.14 bits per heavy atom. The summed E-state index contributed by atoms with van der Waals surface area (Å²) in [5.74, 6) is -0.590. The van der Waals surface area contributed by atoms with E-state index in [0.29, 0.717) is 43.2 Å². The highest BCUT2D eigenvalue weighted by molar-refractivity contribution is 5.92. The molecule has 29 heavy (non-hydrogen) atoms. The fraction of sp³-hybridized carbons (Fsp3) is 0.333. The molecule has 0 unspecified atom stereocenters. The van der Waals surface area contributed by atoms with Crippen molar-refractivity contribution < 1.29 is 23.5 Å². The zero-order valence-electron chi connectivity index (χ0n) is 16.5. The van der Waals surface area contributed by atoms with Crippen LogP contribution in [-0.2, 0) is 11.3 Å². The van der Waals surface area contributed by atoms with Gasteiger partial charge in [-0.25, -0.2) is 14.0 Å². The number of nitrogens with one attached hydrogen (secondary N) is 1. The summed E-state index contributed by atoms with van der Waals surface area (Å²) < 4.78 is 24.6. The summed E-state index contributed by atoms with van der Waals surface area (Å²) in [5.41, 5.74) is 1.02. The second kappa shape index (κ2) is 9.38. The molecule has 0 atom stereocenters. The number of hydrogen-bond donors (Lipinski definition) is 1. The minimum atomic E-state index is -0.614. The van der Waals surface area contributed by atoms with Crippen LogP contribution in [0.5, 0.6) is 5.75 Å². The number of carbonyl (C=O) groups excluding carboxylic acids is 2. The predicted molar refractivity (Wildman–Crippen MR) is 107 cm³/mol. The summed E-state index contributed by atoms with van der Waals surface area (Å²) in [6.45, 7) is 2.58. The molecule has 0 aromatic heterocycles. The molecular formula is C21H24FN3O4. The summed E-state index contributed by atoms with van der Waals surface area (Å²) in [5, 5.41) is 3.21. The number of anilines is 1. The van der Waals surface area contributed by atoms with Gasteiger partial charge in [0.15, 0.2) is 0 Å². The van der Waals surface area contributed by atoms with Crippen LogP contribution in [-0.4, -0.2) is 57.3 Å². The molecule has 1 heterocycles. The Morgan fingerprint density at radius 2 is 1.90 bits per heavy atom. The molecule has 154 valence electrons. The lowest BCUT2D eigenvalue weighted by Crippen LogP contribution is -2.51. The number of ether oxygens (including phenoxy) is 2. The highest BCUT2D eigenvalue weighted by atomic mass is 19.1. The normalized spacial score (nSPS) is 13.7. The van der Waals surface area contributed by atoms with Crippen molar-refractivity contribution in [1.82, 2.24) is 10.2 Å². The van der Waals surface area contributed by atoms with Gasteiger partial charge in [0.1, 0.15) is 11.6 Å². The summed E-state index contributed by atoms with van der Waals surface area (Å²) in [4.78, 5) is 28.1. The van der Waals surface area contributed by atoms with Crippen LogP contribution in [0.15, 0.2) is 42.5 Å². The highest BCUT2D eigenvalue weighted by Gasteiger charge is 2.25. The van der Waals surface area contributed by atoms with Gasteiger partial charge in [-0.1, -0.05) is 12.1 Å². The molecule has 3 rings (SSSR count). The number of amides is 2. The summed E-state index contributed by atoms with van der Waals surface area (Å²) in [6.07, 6.45) is 0. The Balaban J connectivity index is 1.92. The van der Waals surface area contributed by atoms with E-state index in [2.05, 4.69) is 10.1 Å². The van der Waals surface area contributed by atoms with Gasteiger partial charge in [0, 0.05) is 43.5 Å². The van der Waals surface area contributed by atoms with Crippen molar-refractivity contribution in [3.63, 3.8) is 0 Å². The molecule has 7 nitrogen and oxygen atoms in total. The lowest BCUT2D eigenvalue weighted by Gasteiger charge is -2.33. The molecule has 2 amide bonds. The molecular weight excluding hydrogens is 377 g/mol. The number of piperazine rings is 1. The van der Waals surface area contributed by atoms with E-state index in [9.17, 15) is 14.0 Å². The van der Waals surface area contributed by atoms with Gasteiger partial charge in [0.2, 0.25) is 0 Å². The molecule has 0 aliphatic carbocycles. The van der Waals surface area contributed by atoms with Gasteiger partial charge in [-0.05, 0) is 24.3 Å². The summed E-state index contributed by atoms with van der Waals surface area (Å²) in [7, 11) is 2.79. The fourth-order valence-corrected chi connectivity index (χ4v) is 3.17. The second-order valence-corrected chi connectivity index (χ2v) is 6.61. The monoisotopic (exact) mass is 401 g/mol. The van der Waals surface area contributed by atoms with Crippen molar-refractivity contribution in [1.29, 1.82) is 0 Å². The molecule has 2 aromatic carbocycles. The lowest BCUT2D eigenvalue weighted by atomic mass is 10.1. The minimum absolute atomic E-state index is 0.0171. The Labute approximate surface area is 169 Å². The number of methoxy groups -OCH3 is 2. The van der Waals surface area contributed by atoms with E-state index < -0.39 is 11.8 Å². The van der Waals surface area contributed by atoms with Crippen molar-refractivity contribution >= 4 is 17.7 Å². The molecule has 0 bridgehead atoms. The molecule has 1 fully saturated rings. The smallest absolute Gasteiger partial charge is 0.337 e. The van der Waals surface area contributed by atoms with Gasteiger partial charge < -0.3 is 19.7 Å². The first-order valence-corrected chi connectivity index (χ1v) is 9.31. The van der Waals surface area contributed by atoms with Gasteiger partial charge in [-0.2, -0.15) is 0 Å². The van der Waals surface area contributed by atoms with E-state index in [1.165, 1.54) is 24.1 Å². The van der Waals surface area contributed by atoms with E-state index in [1.54, 1.807) is 36.3 Å². The van der Waals surface area contributed by atoms with Gasteiger partial charge in [-0.3, -0.25) is 4.90 Å². The quantitative estimate of drug-likeness (QED) is 0.780. The van der Waals surface area contributed by atoms with Gasteiger partial charge >= 0.3 is 12.0 Å². The van der Waals surface area contributed by atoms with Crippen molar-refractivity contribution in [2.24, 2.45) is 0 Å². The minimum Gasteiger partial charge on any atom is -0.497 e. The average molecular weight is 401 g/mol. The number of hydrogen-bond acceptors (Lipinski definition) is 5. The maximum absolute atomic E-state index is 14.7. The zero-order chi connectivity index (χ0) is 20.8. The number of esters is 1. The first-order chi connectivity index (χ1) is 14.0. The highest BCUT2D eigenvalue weighted by Crippen LogP contribution is 2.25. The van der Waals surface area contributed by atoms with Crippen molar-refractivity contribution in [2.45, 2.75) is 6.54 Å². The van der Waals surface area contributed by atoms with Crippen molar-refractivity contribution in [3.05, 3.63) is 59.4 Å². The molecule has 0 spiro atoms. The number of carbonyl (C=O) groups is 2. The van der Waals surface area contributed by atoms with Crippen LogP contribution >= 0.6 is 0 Å². The van der Waals surface area contributed by atoms with Crippen LogP contribution in [0.4, 0.5) is 14.9 Å². The first kappa shape index (κ1) is 20.6. The largest absolute Gasteiger partial charge is 0.497 e. The van der Waals surface area contributed by atoms with E-state index in [0.717, 1.165) is 6.07 Å². The zero-order valence-corrected chi connectivity index (χ0v) is 16.5. The van der Waals surface area contributed by atoms with E-state index in [4.69, 9.17) is 4.74 Å². The number of halogens is 1. The van der Waals surface area contributed by atoms with Crippen LogP contribution in [0.3, 0.4) is 0 Å². The summed E-state index contributed by atoms with van der Waals surface area (Å²) >= 11 is 0. The molecule has 2 aromatic rings. The third-order valence-corrected chi connectivity index (χ3v) is 4.79. The topological polar surface area (TPSA) is 71.1 Å². The summed E-state index contributed by atoms with van der Waals surface area (Å²) in [6, 6.07) is 11.0. The molecule has 1 N–H and O–H groups in total. The standard InChI is InChI=1S/C21H24FN3O4/c1-28-18-5-3-4-17(13-18)25(21(27)24-10-8-23-9-11-24)14-16-7-6-15(12-19(16)22)20(26)29-2/h3-7,12-13,23H,8-11,14H2,1-2H3. The third kappa shape index (κ3) is 4.83. The number of urea groups is 1. The molecule has 0 saturated carbocycles. The van der Waals surface area contributed by atoms with Crippen LogP contribution < -0.4 is 15.0 Å². The van der Waals surface area contributed by atoms with E-state index >= 15 is 0 Å². The van der Waals surface area contributed by atoms with Gasteiger partial charge in [0.25, 0.3) is 0 Å². The molecule has 1 aliphatic rings.